The lowest BCUT2D eigenvalue weighted by molar-refractivity contribution is -0.141. The summed E-state index contributed by atoms with van der Waals surface area (Å²) in [6.07, 6.45) is 0.00521. The van der Waals surface area contributed by atoms with E-state index in [0.29, 0.717) is 57.1 Å². The van der Waals surface area contributed by atoms with Crippen LogP contribution in [0.3, 0.4) is 0 Å². The summed E-state index contributed by atoms with van der Waals surface area (Å²) in [4.78, 5) is 14.1. The molecule has 0 aromatic heterocycles. The van der Waals surface area contributed by atoms with Crippen molar-refractivity contribution in [1.29, 1.82) is 0 Å². The molecule has 0 radical (unpaired) electrons. The highest BCUT2D eigenvalue weighted by Gasteiger charge is 2.29. The fourth-order valence-electron chi connectivity index (χ4n) is 3.20. The van der Waals surface area contributed by atoms with E-state index in [1.165, 1.54) is 4.31 Å². The Balaban J connectivity index is 1.79. The molecule has 1 aromatic carbocycles. The molecule has 3 rings (SSSR count). The molecule has 1 saturated heterocycles. The van der Waals surface area contributed by atoms with Gasteiger partial charge in [0.05, 0.1) is 18.1 Å². The van der Waals surface area contributed by atoms with Crippen LogP contribution in [-0.2, 0) is 32.5 Å². The largest absolute Gasteiger partial charge is 0.383 e. The second-order valence-corrected chi connectivity index (χ2v) is 8.32. The zero-order valence-electron chi connectivity index (χ0n) is 14.3. The van der Waals surface area contributed by atoms with Crippen molar-refractivity contribution < 1.29 is 23.1 Å². The van der Waals surface area contributed by atoms with Gasteiger partial charge in [0.25, 0.3) is 5.91 Å². The van der Waals surface area contributed by atoms with E-state index in [-0.39, 0.29) is 5.91 Å². The van der Waals surface area contributed by atoms with Gasteiger partial charge in [-0.2, -0.15) is 4.31 Å². The highest BCUT2D eigenvalue weighted by Crippen LogP contribution is 2.25. The molecule has 8 heteroatoms. The third-order valence-electron chi connectivity index (χ3n) is 4.78. The molecule has 1 unspecified atom stereocenters. The van der Waals surface area contributed by atoms with E-state index in [1.54, 1.807) is 30.0 Å². The molecule has 25 heavy (non-hydrogen) atoms. The number of ether oxygens (including phenoxy) is 1. The molecule has 1 amide bonds. The van der Waals surface area contributed by atoms with Gasteiger partial charge in [0.15, 0.2) is 0 Å². The number of hydrogen-bond acceptors (Lipinski definition) is 5. The molecular formula is C17H24N2O5S. The number of carbonyl (C=O) groups excluding carboxylic acids is 1. The van der Waals surface area contributed by atoms with Crippen LogP contribution in [0.15, 0.2) is 23.1 Å². The molecule has 1 aromatic rings. The first kappa shape index (κ1) is 18.3. The first-order valence-corrected chi connectivity index (χ1v) is 10.0. The Bertz CT molecular complexity index is 743. The van der Waals surface area contributed by atoms with Crippen LogP contribution >= 0.6 is 0 Å². The maximum atomic E-state index is 12.7. The fourth-order valence-corrected chi connectivity index (χ4v) is 4.66. The zero-order chi connectivity index (χ0) is 18.0. The summed E-state index contributed by atoms with van der Waals surface area (Å²) in [5.41, 5.74) is 1.88. The number of aliphatic hydroxyl groups is 1. The number of fused-ring (bicyclic) bond motifs is 1. The van der Waals surface area contributed by atoms with Gasteiger partial charge in [-0.3, -0.25) is 4.79 Å². The molecule has 1 fully saturated rings. The smallest absolute Gasteiger partial charge is 0.251 e. The van der Waals surface area contributed by atoms with Crippen LogP contribution in [0.5, 0.6) is 0 Å². The predicted molar refractivity (Wildman–Crippen MR) is 91.4 cm³/mol. The van der Waals surface area contributed by atoms with Crippen LogP contribution in [0.2, 0.25) is 0 Å². The van der Waals surface area contributed by atoms with Gasteiger partial charge in [0, 0.05) is 26.2 Å². The average molecular weight is 368 g/mol. The Hall–Kier alpha value is -1.48. The van der Waals surface area contributed by atoms with Crippen LogP contribution in [-0.4, -0.2) is 67.6 Å². The van der Waals surface area contributed by atoms with Gasteiger partial charge in [0.1, 0.15) is 6.10 Å². The predicted octanol–water partition coefficient (Wildman–Crippen LogP) is 0.363. The molecule has 0 bridgehead atoms. The Morgan fingerprint density at radius 3 is 2.64 bits per heavy atom. The van der Waals surface area contributed by atoms with E-state index in [4.69, 9.17) is 4.74 Å². The SMILES string of the molecule is CCC(O)C(=O)N1CCc2cc(S(=O)(=O)N3CCOCC3)ccc2C1. The number of sulfonamides is 1. The zero-order valence-corrected chi connectivity index (χ0v) is 15.2. The maximum absolute atomic E-state index is 12.7. The minimum Gasteiger partial charge on any atom is -0.383 e. The minimum absolute atomic E-state index is 0.266. The first-order valence-electron chi connectivity index (χ1n) is 8.60. The van der Waals surface area contributed by atoms with Crippen molar-refractivity contribution >= 4 is 15.9 Å². The summed E-state index contributed by atoms with van der Waals surface area (Å²) in [6.45, 7) is 4.24. The van der Waals surface area contributed by atoms with Crippen molar-refractivity contribution in [3.8, 4) is 0 Å². The van der Waals surface area contributed by atoms with Crippen LogP contribution in [0, 0.1) is 0 Å². The van der Waals surface area contributed by atoms with Crippen LogP contribution in [0.4, 0.5) is 0 Å². The second kappa shape index (κ2) is 7.41. The van der Waals surface area contributed by atoms with E-state index in [1.807, 2.05) is 0 Å². The third-order valence-corrected chi connectivity index (χ3v) is 6.68. The molecule has 2 heterocycles. The van der Waals surface area contributed by atoms with E-state index in [0.717, 1.165) is 11.1 Å². The molecule has 0 saturated carbocycles. The summed E-state index contributed by atoms with van der Waals surface area (Å²) in [7, 11) is -3.51. The quantitative estimate of drug-likeness (QED) is 0.829. The number of hydrogen-bond donors (Lipinski definition) is 1. The van der Waals surface area contributed by atoms with Crippen molar-refractivity contribution in [1.82, 2.24) is 9.21 Å². The molecule has 0 spiro atoms. The van der Waals surface area contributed by atoms with Gasteiger partial charge < -0.3 is 14.7 Å². The van der Waals surface area contributed by atoms with Gasteiger partial charge in [-0.25, -0.2) is 8.42 Å². The number of benzene rings is 1. The average Bonchev–Trinajstić information content (AvgIpc) is 2.66. The molecule has 7 nitrogen and oxygen atoms in total. The number of nitrogens with zero attached hydrogens (tertiary/aromatic N) is 2. The Kier molecular flexibility index (Phi) is 5.43. The highest BCUT2D eigenvalue weighted by molar-refractivity contribution is 7.89. The fraction of sp³-hybridized carbons (Fsp3) is 0.588. The molecule has 0 aliphatic carbocycles. The number of amides is 1. The van der Waals surface area contributed by atoms with E-state index >= 15 is 0 Å². The summed E-state index contributed by atoms with van der Waals surface area (Å²) in [5, 5.41) is 9.74. The molecule has 2 aliphatic rings. The van der Waals surface area contributed by atoms with Crippen molar-refractivity contribution in [3.63, 3.8) is 0 Å². The van der Waals surface area contributed by atoms with E-state index in [9.17, 15) is 18.3 Å². The standard InChI is InChI=1S/C17H24N2O5S/c1-2-16(20)17(21)18-6-5-13-11-15(4-3-14(13)12-18)25(22,23)19-7-9-24-10-8-19/h3-4,11,16,20H,2,5-10,12H2,1H3. The Morgan fingerprint density at radius 1 is 1.24 bits per heavy atom. The minimum atomic E-state index is -3.51. The number of aliphatic hydroxyl groups excluding tert-OH is 1. The lowest BCUT2D eigenvalue weighted by Gasteiger charge is -2.31. The van der Waals surface area contributed by atoms with Gasteiger partial charge in [-0.15, -0.1) is 0 Å². The van der Waals surface area contributed by atoms with Gasteiger partial charge in [-0.1, -0.05) is 13.0 Å². The maximum Gasteiger partial charge on any atom is 0.251 e. The normalized spacial score (nSPS) is 20.2. The molecule has 2 aliphatic heterocycles. The van der Waals surface area contributed by atoms with Crippen molar-refractivity contribution in [2.75, 3.05) is 32.8 Å². The highest BCUT2D eigenvalue weighted by atomic mass is 32.2. The second-order valence-electron chi connectivity index (χ2n) is 6.38. The monoisotopic (exact) mass is 368 g/mol. The lowest BCUT2D eigenvalue weighted by Crippen LogP contribution is -2.42. The lowest BCUT2D eigenvalue weighted by atomic mass is 9.99. The topological polar surface area (TPSA) is 87.2 Å². The summed E-state index contributed by atoms with van der Waals surface area (Å²) >= 11 is 0. The van der Waals surface area contributed by atoms with Crippen LogP contribution in [0.25, 0.3) is 0 Å². The molecule has 1 atom stereocenters. The van der Waals surface area contributed by atoms with Crippen molar-refractivity contribution in [2.24, 2.45) is 0 Å². The summed E-state index contributed by atoms with van der Waals surface area (Å²) in [6, 6.07) is 5.10. The summed E-state index contributed by atoms with van der Waals surface area (Å²) < 4.78 is 32.2. The molecular weight excluding hydrogens is 344 g/mol. The van der Waals surface area contributed by atoms with Crippen LogP contribution in [0.1, 0.15) is 24.5 Å². The Morgan fingerprint density at radius 2 is 1.96 bits per heavy atom. The van der Waals surface area contributed by atoms with Gasteiger partial charge in [-0.05, 0) is 36.1 Å². The molecule has 138 valence electrons. The first-order chi connectivity index (χ1) is 11.9. The van der Waals surface area contributed by atoms with Crippen LogP contribution < -0.4 is 0 Å². The number of carbonyl (C=O) groups is 1. The van der Waals surface area contributed by atoms with Crippen molar-refractivity contribution in [3.05, 3.63) is 29.3 Å². The van der Waals surface area contributed by atoms with Gasteiger partial charge >= 0.3 is 0 Å². The van der Waals surface area contributed by atoms with E-state index in [2.05, 4.69) is 0 Å². The van der Waals surface area contributed by atoms with E-state index < -0.39 is 16.1 Å². The number of rotatable bonds is 4. The number of morpholine rings is 1. The van der Waals surface area contributed by atoms with Gasteiger partial charge in [0.2, 0.25) is 10.0 Å². The Labute approximate surface area is 148 Å². The third kappa shape index (κ3) is 3.72. The summed E-state index contributed by atoms with van der Waals surface area (Å²) in [5.74, 6) is -0.266. The van der Waals surface area contributed by atoms with Crippen molar-refractivity contribution in [2.45, 2.75) is 37.3 Å². The molecule has 1 N–H and O–H groups in total.